The Kier molecular flexibility index (Phi) is 14.5. The Morgan fingerprint density at radius 2 is 1.43 bits per heavy atom. The number of aromatic amines is 1. The fraction of sp³-hybridized carbons (Fsp3) is 0.426. The maximum Gasteiger partial charge on any atom is 0.410 e. The van der Waals surface area contributed by atoms with E-state index in [1.54, 1.807) is 6.20 Å². The van der Waals surface area contributed by atoms with Crippen molar-refractivity contribution in [3.05, 3.63) is 125 Å². The lowest BCUT2D eigenvalue weighted by Gasteiger charge is -2.32. The Hall–Kier alpha value is -4.91. The number of hydrogen-bond donors (Lipinski definition) is 1. The molecule has 0 bridgehead atoms. The van der Waals surface area contributed by atoms with Crippen molar-refractivity contribution >= 4 is 22.9 Å². The summed E-state index contributed by atoms with van der Waals surface area (Å²) in [6.45, 7) is 15.6. The van der Waals surface area contributed by atoms with E-state index in [-0.39, 0.29) is 18.6 Å². The molecule has 7 heteroatoms. The lowest BCUT2D eigenvalue weighted by atomic mass is 9.82. The Balaban J connectivity index is 1.47. The summed E-state index contributed by atoms with van der Waals surface area (Å²) in [6, 6.07) is 27.0. The Morgan fingerprint density at radius 3 is 2.09 bits per heavy atom. The summed E-state index contributed by atoms with van der Waals surface area (Å²) in [5.74, 6) is 0.175. The minimum absolute atomic E-state index is 0.175. The molecule has 0 radical (unpaired) electrons. The number of H-pyrrole nitrogens is 1. The quantitative estimate of drug-likeness (QED) is 0.0859. The third-order valence-corrected chi connectivity index (χ3v) is 10.5. The van der Waals surface area contributed by atoms with Gasteiger partial charge < -0.3 is 19.5 Å². The van der Waals surface area contributed by atoms with Crippen LogP contribution < -0.4 is 0 Å². The minimum Gasteiger partial charge on any atom is -0.445 e. The summed E-state index contributed by atoms with van der Waals surface area (Å²) < 4.78 is 5.90. The van der Waals surface area contributed by atoms with E-state index < -0.39 is 5.41 Å². The van der Waals surface area contributed by atoms with Crippen LogP contribution in [-0.2, 0) is 34.4 Å². The zero-order valence-corrected chi connectivity index (χ0v) is 33.4. The molecule has 0 saturated carbocycles. The molecule has 54 heavy (non-hydrogen) atoms. The summed E-state index contributed by atoms with van der Waals surface area (Å²) in [7, 11) is 0. The van der Waals surface area contributed by atoms with Crippen LogP contribution in [0.1, 0.15) is 99.6 Å². The standard InChI is InChI=1S/C47H60N4O3/c1-7-9-25-50(26-10-8-2)45(52)47(5,6)40-21-22-43-42(32-40)41(44(49-43)39-30-35(3)29-36(4)31-39)23-28-51(27-15-14-17-37-20-16-24-48-33-37)46(53)54-34-38-18-12-11-13-19-38/h11-13,16,18-22,24,29-33,49H,7-10,14-15,17,23,25-28,34H2,1-6H3. The fourth-order valence-electron chi connectivity index (χ4n) is 7.32. The average molecular weight is 729 g/mol. The van der Waals surface area contributed by atoms with E-state index in [4.69, 9.17) is 4.74 Å². The number of aromatic nitrogens is 2. The number of amides is 2. The third-order valence-electron chi connectivity index (χ3n) is 10.5. The molecule has 0 atom stereocenters. The number of carbonyl (C=O) groups excluding carboxylic acids is 2. The molecule has 0 aliphatic carbocycles. The average Bonchev–Trinajstić information content (AvgIpc) is 3.55. The molecule has 7 nitrogen and oxygen atoms in total. The van der Waals surface area contributed by atoms with Gasteiger partial charge in [-0.3, -0.25) is 9.78 Å². The predicted octanol–water partition coefficient (Wildman–Crippen LogP) is 10.8. The number of benzene rings is 3. The molecule has 0 spiro atoms. The highest BCUT2D eigenvalue weighted by molar-refractivity contribution is 5.94. The number of carbonyl (C=O) groups is 2. The van der Waals surface area contributed by atoms with Gasteiger partial charge in [0.1, 0.15) is 6.61 Å². The van der Waals surface area contributed by atoms with Gasteiger partial charge in [-0.25, -0.2) is 4.79 Å². The molecule has 1 N–H and O–H groups in total. The monoisotopic (exact) mass is 728 g/mol. The first-order valence-electron chi connectivity index (χ1n) is 20.0. The van der Waals surface area contributed by atoms with Crippen LogP contribution in [0.15, 0.2) is 91.3 Å². The van der Waals surface area contributed by atoms with Gasteiger partial charge in [-0.1, -0.05) is 86.3 Å². The Bertz CT molecular complexity index is 1920. The summed E-state index contributed by atoms with van der Waals surface area (Å²) in [5, 5.41) is 1.09. The van der Waals surface area contributed by atoms with Crippen molar-refractivity contribution in [3.63, 3.8) is 0 Å². The molecule has 2 aromatic heterocycles. The van der Waals surface area contributed by atoms with E-state index in [1.807, 2.05) is 47.5 Å². The minimum atomic E-state index is -0.703. The van der Waals surface area contributed by atoms with Crippen molar-refractivity contribution < 1.29 is 14.3 Å². The van der Waals surface area contributed by atoms with E-state index in [0.29, 0.717) is 19.5 Å². The molecule has 0 fully saturated rings. The van der Waals surface area contributed by atoms with Crippen molar-refractivity contribution in [3.8, 4) is 11.3 Å². The van der Waals surface area contributed by atoms with Crippen molar-refractivity contribution in [2.24, 2.45) is 0 Å². The first-order chi connectivity index (χ1) is 26.1. The van der Waals surface area contributed by atoms with Crippen LogP contribution in [0.25, 0.3) is 22.2 Å². The predicted molar refractivity (Wildman–Crippen MR) is 222 cm³/mol. The summed E-state index contributed by atoms with van der Waals surface area (Å²) >= 11 is 0. The number of ether oxygens (including phenoxy) is 1. The molecule has 0 saturated heterocycles. The van der Waals surface area contributed by atoms with Gasteiger partial charge in [0.2, 0.25) is 5.91 Å². The highest BCUT2D eigenvalue weighted by Crippen LogP contribution is 2.36. The normalized spacial score (nSPS) is 11.5. The first-order valence-corrected chi connectivity index (χ1v) is 20.0. The van der Waals surface area contributed by atoms with Gasteiger partial charge in [0.05, 0.1) is 5.41 Å². The summed E-state index contributed by atoms with van der Waals surface area (Å²) in [4.78, 5) is 39.9. The van der Waals surface area contributed by atoms with E-state index in [2.05, 4.69) is 98.9 Å². The van der Waals surface area contributed by atoms with Gasteiger partial charge in [-0.15, -0.1) is 0 Å². The Labute approximate surface area is 323 Å². The lowest BCUT2D eigenvalue weighted by molar-refractivity contribution is -0.136. The second-order valence-electron chi connectivity index (χ2n) is 15.3. The molecule has 0 aliphatic heterocycles. The molecular weight excluding hydrogens is 669 g/mol. The van der Waals surface area contributed by atoms with Crippen LogP contribution in [0.4, 0.5) is 4.79 Å². The molecule has 5 rings (SSSR count). The molecule has 3 aromatic carbocycles. The lowest BCUT2D eigenvalue weighted by Crippen LogP contribution is -2.44. The number of hydrogen-bond acceptors (Lipinski definition) is 4. The smallest absolute Gasteiger partial charge is 0.410 e. The molecule has 286 valence electrons. The number of unbranched alkanes of at least 4 members (excludes halogenated alkanes) is 3. The number of nitrogens with one attached hydrogen (secondary N) is 1. The van der Waals surface area contributed by atoms with Gasteiger partial charge in [0.25, 0.3) is 0 Å². The molecular formula is C47H60N4O3. The zero-order chi connectivity index (χ0) is 38.5. The van der Waals surface area contributed by atoms with Crippen molar-refractivity contribution in [2.45, 2.75) is 105 Å². The summed E-state index contributed by atoms with van der Waals surface area (Å²) in [6.07, 6.45) is 10.8. The van der Waals surface area contributed by atoms with Crippen molar-refractivity contribution in [1.82, 2.24) is 19.8 Å². The van der Waals surface area contributed by atoms with Crippen molar-refractivity contribution in [2.75, 3.05) is 26.2 Å². The second kappa shape index (κ2) is 19.4. The molecule has 2 amide bonds. The maximum absolute atomic E-state index is 14.2. The van der Waals surface area contributed by atoms with E-state index in [0.717, 1.165) is 96.9 Å². The molecule has 0 aliphatic rings. The highest BCUT2D eigenvalue weighted by Gasteiger charge is 2.34. The van der Waals surface area contributed by atoms with Crippen LogP contribution in [0.5, 0.6) is 0 Å². The van der Waals surface area contributed by atoms with E-state index >= 15 is 0 Å². The number of rotatable bonds is 19. The van der Waals surface area contributed by atoms with Gasteiger partial charge in [0.15, 0.2) is 0 Å². The molecule has 0 unspecified atom stereocenters. The zero-order valence-electron chi connectivity index (χ0n) is 33.4. The van der Waals surface area contributed by atoms with Gasteiger partial charge in [0, 0.05) is 55.2 Å². The largest absolute Gasteiger partial charge is 0.445 e. The van der Waals surface area contributed by atoms with Crippen LogP contribution >= 0.6 is 0 Å². The highest BCUT2D eigenvalue weighted by atomic mass is 16.6. The van der Waals surface area contributed by atoms with Gasteiger partial charge in [-0.2, -0.15) is 0 Å². The van der Waals surface area contributed by atoms with E-state index in [1.165, 1.54) is 16.7 Å². The Morgan fingerprint density at radius 1 is 0.741 bits per heavy atom. The van der Waals surface area contributed by atoms with Crippen LogP contribution in [-0.4, -0.2) is 57.9 Å². The van der Waals surface area contributed by atoms with Crippen molar-refractivity contribution in [1.29, 1.82) is 0 Å². The third kappa shape index (κ3) is 10.6. The molecule has 5 aromatic rings. The van der Waals surface area contributed by atoms with Gasteiger partial charge >= 0.3 is 6.09 Å². The first kappa shape index (κ1) is 40.3. The van der Waals surface area contributed by atoms with Gasteiger partial charge in [-0.05, 0) is 124 Å². The molecule has 2 heterocycles. The topological polar surface area (TPSA) is 78.5 Å². The summed E-state index contributed by atoms with van der Waals surface area (Å²) in [5.41, 5.74) is 9.19. The number of nitrogens with zero attached hydrogens (tertiary/aromatic N) is 3. The second-order valence-corrected chi connectivity index (χ2v) is 15.3. The maximum atomic E-state index is 14.2. The number of fused-ring (bicyclic) bond motifs is 1. The van der Waals surface area contributed by atoms with Crippen LogP contribution in [0.3, 0.4) is 0 Å². The van der Waals surface area contributed by atoms with Crippen LogP contribution in [0, 0.1) is 13.8 Å². The van der Waals surface area contributed by atoms with E-state index in [9.17, 15) is 9.59 Å². The van der Waals surface area contributed by atoms with Crippen LogP contribution in [0.2, 0.25) is 0 Å². The SMILES string of the molecule is CCCCN(CCCC)C(=O)C(C)(C)c1ccc2[nH]c(-c3cc(C)cc(C)c3)c(CCN(CCCCc3cccnc3)C(=O)OCc3ccccc3)c2c1. The number of pyridine rings is 1. The number of aryl methyl sites for hydroxylation is 3. The fourth-order valence-corrected chi connectivity index (χ4v) is 7.32.